The molecule has 0 radical (unpaired) electrons. The average molecular weight is 172 g/mol. The Kier molecular flexibility index (Phi) is 1.90. The third-order valence-electron chi connectivity index (χ3n) is 2.90. The van der Waals surface area contributed by atoms with Gasteiger partial charge in [-0.3, -0.25) is 9.80 Å². The van der Waals surface area contributed by atoms with Crippen LogP contribution >= 0.6 is 11.8 Å². The van der Waals surface area contributed by atoms with Crippen LogP contribution in [0.5, 0.6) is 0 Å². The van der Waals surface area contributed by atoms with E-state index in [4.69, 9.17) is 0 Å². The molecule has 2 heterocycles. The summed E-state index contributed by atoms with van der Waals surface area (Å²) in [5.41, 5.74) is 0. The van der Waals surface area contributed by atoms with Crippen LogP contribution in [0.15, 0.2) is 0 Å². The Bertz CT molecular complexity index is 146. The molecule has 2 fully saturated rings. The van der Waals surface area contributed by atoms with Crippen molar-refractivity contribution in [3.05, 3.63) is 0 Å². The minimum atomic E-state index is 0.682. The molecule has 0 spiro atoms. The molecule has 2 nitrogen and oxygen atoms in total. The lowest BCUT2D eigenvalue weighted by atomic mass is 10.4. The summed E-state index contributed by atoms with van der Waals surface area (Å²) in [7, 11) is 0. The maximum atomic E-state index is 2.57. The van der Waals surface area contributed by atoms with E-state index in [9.17, 15) is 0 Å². The van der Waals surface area contributed by atoms with E-state index in [0.29, 0.717) is 6.17 Å². The first-order chi connectivity index (χ1) is 5.20. The fourth-order valence-electron chi connectivity index (χ4n) is 2.21. The molecule has 0 aromatic heterocycles. The van der Waals surface area contributed by atoms with E-state index in [0.717, 1.165) is 10.7 Å². The highest BCUT2D eigenvalue weighted by atomic mass is 32.2. The molecule has 0 saturated carbocycles. The SMILES string of the molecule is CC1SC(C)N2CCN1C2C. The van der Waals surface area contributed by atoms with Gasteiger partial charge in [-0.15, -0.1) is 11.8 Å². The molecule has 4 unspecified atom stereocenters. The number of rotatable bonds is 0. The molecule has 0 aliphatic carbocycles. The first-order valence-corrected chi connectivity index (χ1v) is 5.31. The minimum absolute atomic E-state index is 0.682. The lowest BCUT2D eigenvalue weighted by Crippen LogP contribution is -2.48. The highest BCUT2D eigenvalue weighted by Gasteiger charge is 2.39. The van der Waals surface area contributed by atoms with Gasteiger partial charge in [0.15, 0.2) is 0 Å². The largest absolute Gasteiger partial charge is 0.275 e. The zero-order valence-electron chi connectivity index (χ0n) is 7.45. The minimum Gasteiger partial charge on any atom is -0.275 e. The topological polar surface area (TPSA) is 6.48 Å². The molecule has 2 bridgehead atoms. The van der Waals surface area contributed by atoms with E-state index < -0.39 is 0 Å². The van der Waals surface area contributed by atoms with Crippen LogP contribution < -0.4 is 0 Å². The highest BCUT2D eigenvalue weighted by Crippen LogP contribution is 2.36. The van der Waals surface area contributed by atoms with Gasteiger partial charge in [-0.05, 0) is 20.8 Å². The Labute approximate surface area is 72.9 Å². The van der Waals surface area contributed by atoms with E-state index in [1.807, 2.05) is 0 Å². The van der Waals surface area contributed by atoms with Gasteiger partial charge in [0, 0.05) is 13.1 Å². The number of hydrogen-bond acceptors (Lipinski definition) is 3. The maximum Gasteiger partial charge on any atom is 0.0613 e. The van der Waals surface area contributed by atoms with Gasteiger partial charge in [-0.25, -0.2) is 0 Å². The molecule has 2 aliphatic rings. The van der Waals surface area contributed by atoms with Crippen molar-refractivity contribution in [3.63, 3.8) is 0 Å². The summed E-state index contributed by atoms with van der Waals surface area (Å²) in [6.07, 6.45) is 0.682. The zero-order valence-corrected chi connectivity index (χ0v) is 8.27. The second kappa shape index (κ2) is 2.64. The van der Waals surface area contributed by atoms with Crippen molar-refractivity contribution in [3.8, 4) is 0 Å². The molecule has 0 amide bonds. The van der Waals surface area contributed by atoms with E-state index in [1.165, 1.54) is 13.1 Å². The molecule has 3 heteroatoms. The molecule has 4 atom stereocenters. The number of thioether (sulfide) groups is 1. The van der Waals surface area contributed by atoms with Gasteiger partial charge >= 0.3 is 0 Å². The molecular formula is C8H16N2S. The predicted molar refractivity (Wildman–Crippen MR) is 49.4 cm³/mol. The lowest BCUT2D eigenvalue weighted by molar-refractivity contribution is 0.127. The summed E-state index contributed by atoms with van der Waals surface area (Å²) >= 11 is 2.08. The number of fused-ring (bicyclic) bond motifs is 2. The summed E-state index contributed by atoms with van der Waals surface area (Å²) in [5, 5.41) is 1.44. The van der Waals surface area contributed by atoms with Crippen LogP contribution in [0.4, 0.5) is 0 Å². The summed E-state index contributed by atoms with van der Waals surface area (Å²) in [4.78, 5) is 5.15. The molecular weight excluding hydrogens is 156 g/mol. The van der Waals surface area contributed by atoms with Crippen LogP contribution in [0.2, 0.25) is 0 Å². The third kappa shape index (κ3) is 1.10. The average Bonchev–Trinajstić information content (AvgIpc) is 2.22. The Hall–Kier alpha value is 0.270. The van der Waals surface area contributed by atoms with Gasteiger partial charge in [0.05, 0.1) is 16.9 Å². The summed E-state index contributed by atoms with van der Waals surface area (Å²) in [5.74, 6) is 0. The zero-order chi connectivity index (χ0) is 8.01. The first-order valence-electron chi connectivity index (χ1n) is 4.37. The van der Waals surface area contributed by atoms with E-state index >= 15 is 0 Å². The number of hydrogen-bond donors (Lipinski definition) is 0. The normalized spacial score (nSPS) is 56.5. The van der Waals surface area contributed by atoms with Gasteiger partial charge in [-0.2, -0.15) is 0 Å². The third-order valence-corrected chi connectivity index (χ3v) is 4.23. The van der Waals surface area contributed by atoms with Crippen LogP contribution in [0.25, 0.3) is 0 Å². The first kappa shape index (κ1) is 7.90. The van der Waals surface area contributed by atoms with Gasteiger partial charge in [0.25, 0.3) is 0 Å². The quantitative estimate of drug-likeness (QED) is 0.545. The van der Waals surface area contributed by atoms with E-state index in [2.05, 4.69) is 42.3 Å². The molecule has 11 heavy (non-hydrogen) atoms. The molecule has 2 saturated heterocycles. The Morgan fingerprint density at radius 2 is 1.45 bits per heavy atom. The van der Waals surface area contributed by atoms with Crippen LogP contribution in [-0.4, -0.2) is 39.8 Å². The van der Waals surface area contributed by atoms with Crippen molar-refractivity contribution in [2.75, 3.05) is 13.1 Å². The Morgan fingerprint density at radius 3 is 1.91 bits per heavy atom. The maximum absolute atomic E-state index is 2.57. The monoisotopic (exact) mass is 172 g/mol. The predicted octanol–water partition coefficient (Wildman–Crippen LogP) is 1.39. The molecule has 64 valence electrons. The molecule has 0 N–H and O–H groups in total. The van der Waals surface area contributed by atoms with Crippen molar-refractivity contribution in [2.24, 2.45) is 0 Å². The van der Waals surface area contributed by atoms with Crippen molar-refractivity contribution in [2.45, 2.75) is 37.7 Å². The van der Waals surface area contributed by atoms with E-state index in [-0.39, 0.29) is 0 Å². The fraction of sp³-hybridized carbons (Fsp3) is 1.00. The standard InChI is InChI=1S/C8H16N2S/c1-6-9-4-5-10(6)8(3)11-7(9)2/h6-8H,4-5H2,1-3H3. The van der Waals surface area contributed by atoms with Crippen LogP contribution in [0.1, 0.15) is 20.8 Å². The molecule has 2 rings (SSSR count). The van der Waals surface area contributed by atoms with Crippen LogP contribution in [0, 0.1) is 0 Å². The fourth-order valence-corrected chi connectivity index (χ4v) is 3.65. The highest BCUT2D eigenvalue weighted by molar-refractivity contribution is 8.00. The van der Waals surface area contributed by atoms with Crippen molar-refractivity contribution in [1.82, 2.24) is 9.80 Å². The molecule has 2 aliphatic heterocycles. The second-order valence-corrected chi connectivity index (χ2v) is 5.08. The smallest absolute Gasteiger partial charge is 0.0613 e. The molecule has 0 aromatic rings. The summed E-state index contributed by atoms with van der Waals surface area (Å²) in [6, 6.07) is 0. The van der Waals surface area contributed by atoms with Gasteiger partial charge in [0.1, 0.15) is 0 Å². The molecule has 0 aromatic carbocycles. The van der Waals surface area contributed by atoms with Crippen molar-refractivity contribution in [1.29, 1.82) is 0 Å². The Balaban J connectivity index is 2.17. The van der Waals surface area contributed by atoms with Crippen LogP contribution in [0.3, 0.4) is 0 Å². The summed E-state index contributed by atoms with van der Waals surface area (Å²) < 4.78 is 0. The lowest BCUT2D eigenvalue weighted by Gasteiger charge is -2.40. The second-order valence-electron chi connectivity index (χ2n) is 3.44. The number of nitrogens with zero attached hydrogens (tertiary/aromatic N) is 2. The van der Waals surface area contributed by atoms with E-state index in [1.54, 1.807) is 0 Å². The van der Waals surface area contributed by atoms with Gasteiger partial charge in [-0.1, -0.05) is 0 Å². The Morgan fingerprint density at radius 1 is 1.00 bits per heavy atom. The van der Waals surface area contributed by atoms with Gasteiger partial charge in [0.2, 0.25) is 0 Å². The van der Waals surface area contributed by atoms with Crippen molar-refractivity contribution < 1.29 is 0 Å². The summed E-state index contributed by atoms with van der Waals surface area (Å²) in [6.45, 7) is 9.49. The van der Waals surface area contributed by atoms with Gasteiger partial charge < -0.3 is 0 Å². The van der Waals surface area contributed by atoms with Crippen molar-refractivity contribution >= 4 is 11.8 Å². The van der Waals surface area contributed by atoms with Crippen LogP contribution in [-0.2, 0) is 0 Å².